The molecule has 0 aromatic rings. The van der Waals surface area contributed by atoms with E-state index in [0.717, 1.165) is 0 Å². The van der Waals surface area contributed by atoms with Crippen LogP contribution in [0.1, 0.15) is 34.6 Å². The summed E-state index contributed by atoms with van der Waals surface area (Å²) in [4.78, 5) is 0. The molecule has 5 nitrogen and oxygen atoms in total. The van der Waals surface area contributed by atoms with Gasteiger partial charge in [0.05, 0.1) is 6.61 Å². The molecule has 21 heavy (non-hydrogen) atoms. The summed E-state index contributed by atoms with van der Waals surface area (Å²) in [6.07, 6.45) is -1.57. The van der Waals surface area contributed by atoms with Crippen molar-refractivity contribution in [2.75, 3.05) is 6.61 Å². The first-order chi connectivity index (χ1) is 9.25. The molecule has 2 aliphatic heterocycles. The number of ether oxygens (including phenoxy) is 3. The minimum atomic E-state index is -1.90. The quantitative estimate of drug-likeness (QED) is 0.633. The van der Waals surface area contributed by atoms with Gasteiger partial charge in [0.1, 0.15) is 12.2 Å². The molecular formula is C14H27ClO5Si. The number of hydrogen-bond donors (Lipinski definition) is 1. The smallest absolute Gasteiger partial charge is 0.276 e. The van der Waals surface area contributed by atoms with Crippen molar-refractivity contribution in [3.8, 4) is 0 Å². The zero-order valence-electron chi connectivity index (χ0n) is 13.9. The zero-order valence-corrected chi connectivity index (χ0v) is 15.7. The van der Waals surface area contributed by atoms with Crippen molar-refractivity contribution >= 4 is 19.9 Å². The Hall–Kier alpha value is 0.307. The lowest BCUT2D eigenvalue weighted by Crippen LogP contribution is -2.44. The Morgan fingerprint density at radius 1 is 1.19 bits per heavy atom. The van der Waals surface area contributed by atoms with Crippen molar-refractivity contribution in [1.29, 1.82) is 0 Å². The largest absolute Gasteiger partial charge is 0.414 e. The molecule has 0 amide bonds. The average Bonchev–Trinajstić information content (AvgIpc) is 2.69. The average molecular weight is 339 g/mol. The number of aliphatic hydroxyl groups is 1. The van der Waals surface area contributed by atoms with Crippen LogP contribution in [0, 0.1) is 0 Å². The summed E-state index contributed by atoms with van der Waals surface area (Å²) in [6.45, 7) is 14.8. The van der Waals surface area contributed by atoms with Crippen LogP contribution in [0.3, 0.4) is 0 Å². The maximum atomic E-state index is 10.2. The number of alkyl halides is 1. The molecule has 1 N–H and O–H groups in total. The molecule has 2 fully saturated rings. The molecule has 0 radical (unpaired) electrons. The lowest BCUT2D eigenvalue weighted by Gasteiger charge is -2.37. The van der Waals surface area contributed by atoms with Gasteiger partial charge in [0.15, 0.2) is 20.2 Å². The van der Waals surface area contributed by atoms with Crippen LogP contribution in [-0.4, -0.2) is 49.4 Å². The van der Waals surface area contributed by atoms with Gasteiger partial charge in [0.25, 0.3) is 5.25 Å². The number of halogens is 1. The highest BCUT2D eigenvalue weighted by Crippen LogP contribution is 2.45. The third kappa shape index (κ3) is 3.47. The van der Waals surface area contributed by atoms with E-state index in [2.05, 4.69) is 33.9 Å². The molecule has 4 atom stereocenters. The van der Waals surface area contributed by atoms with E-state index in [4.69, 9.17) is 30.2 Å². The maximum Gasteiger partial charge on any atom is 0.276 e. The molecule has 2 rings (SSSR count). The summed E-state index contributed by atoms with van der Waals surface area (Å²) in [5.74, 6) is -0.781. The molecule has 2 heterocycles. The van der Waals surface area contributed by atoms with Crippen LogP contribution in [0.15, 0.2) is 0 Å². The van der Waals surface area contributed by atoms with E-state index < -0.39 is 37.7 Å². The minimum Gasteiger partial charge on any atom is -0.414 e. The van der Waals surface area contributed by atoms with Gasteiger partial charge in [0.2, 0.25) is 0 Å². The van der Waals surface area contributed by atoms with Crippen LogP contribution in [0.2, 0.25) is 18.1 Å². The van der Waals surface area contributed by atoms with Gasteiger partial charge in [0, 0.05) is 0 Å². The van der Waals surface area contributed by atoms with Crippen molar-refractivity contribution in [3.63, 3.8) is 0 Å². The minimum absolute atomic E-state index is 0.106. The Kier molecular flexibility index (Phi) is 4.34. The fourth-order valence-electron chi connectivity index (χ4n) is 2.32. The third-order valence-electron chi connectivity index (χ3n) is 4.58. The van der Waals surface area contributed by atoms with Crippen LogP contribution in [0.5, 0.6) is 0 Å². The molecule has 0 bridgehead atoms. The Labute approximate surface area is 133 Å². The summed E-state index contributed by atoms with van der Waals surface area (Å²) in [5, 5.41) is 8.40. The van der Waals surface area contributed by atoms with Gasteiger partial charge in [-0.25, -0.2) is 0 Å². The molecular weight excluding hydrogens is 312 g/mol. The second-order valence-corrected chi connectivity index (χ2v) is 13.2. The summed E-state index contributed by atoms with van der Waals surface area (Å²) in [7, 11) is -1.90. The van der Waals surface area contributed by atoms with Gasteiger partial charge < -0.3 is 23.7 Å². The van der Waals surface area contributed by atoms with E-state index in [-0.39, 0.29) is 5.04 Å². The van der Waals surface area contributed by atoms with Crippen LogP contribution >= 0.6 is 11.6 Å². The number of rotatable bonds is 3. The first kappa shape index (κ1) is 17.7. The van der Waals surface area contributed by atoms with E-state index in [1.54, 1.807) is 13.8 Å². The standard InChI is InChI=1S/C14H27ClO5Si/c1-12(2,3)21(6,7)17-8-9-10-11(14(15,16)18-9)20-13(4,5)19-10/h9-11,16H,8H2,1-7H3/t9-,10-,11-,14-/m1/s1. The second-order valence-electron chi connectivity index (χ2n) is 7.86. The van der Waals surface area contributed by atoms with Crippen molar-refractivity contribution in [2.24, 2.45) is 0 Å². The second kappa shape index (κ2) is 5.16. The monoisotopic (exact) mass is 338 g/mol. The zero-order chi connectivity index (χ0) is 16.3. The lowest BCUT2D eigenvalue weighted by molar-refractivity contribution is -0.240. The Balaban J connectivity index is 2.05. The molecule has 0 unspecified atom stereocenters. The van der Waals surface area contributed by atoms with Gasteiger partial charge in [-0.15, -0.1) is 0 Å². The third-order valence-corrected chi connectivity index (χ3v) is 9.38. The Morgan fingerprint density at radius 3 is 2.29 bits per heavy atom. The van der Waals surface area contributed by atoms with E-state index in [1.807, 2.05) is 0 Å². The Morgan fingerprint density at radius 2 is 1.76 bits per heavy atom. The Bertz CT molecular complexity index is 405. The molecule has 2 aliphatic rings. The first-order valence-corrected chi connectivity index (χ1v) is 10.6. The highest BCUT2D eigenvalue weighted by molar-refractivity contribution is 6.74. The van der Waals surface area contributed by atoms with Crippen molar-refractivity contribution < 1.29 is 23.7 Å². The SMILES string of the molecule is CC1(C)O[C@H]2[C@@H](O1)[C@](O)(Cl)O[C@@H]2CO[Si](C)(C)C(C)(C)C. The maximum absolute atomic E-state index is 10.2. The predicted molar refractivity (Wildman–Crippen MR) is 82.6 cm³/mol. The van der Waals surface area contributed by atoms with E-state index in [9.17, 15) is 5.11 Å². The van der Waals surface area contributed by atoms with Crippen LogP contribution in [0.4, 0.5) is 0 Å². The highest BCUT2D eigenvalue weighted by Gasteiger charge is 2.62. The van der Waals surface area contributed by atoms with Gasteiger partial charge >= 0.3 is 0 Å². The lowest BCUT2D eigenvalue weighted by atomic mass is 10.1. The fraction of sp³-hybridized carbons (Fsp3) is 1.00. The molecule has 2 saturated heterocycles. The van der Waals surface area contributed by atoms with E-state index in [0.29, 0.717) is 6.61 Å². The molecule has 124 valence electrons. The number of hydrogen-bond acceptors (Lipinski definition) is 5. The normalized spacial score (nSPS) is 39.6. The summed E-state index contributed by atoms with van der Waals surface area (Å²) < 4.78 is 23.1. The van der Waals surface area contributed by atoms with E-state index >= 15 is 0 Å². The van der Waals surface area contributed by atoms with Crippen LogP contribution in [0.25, 0.3) is 0 Å². The summed E-state index contributed by atoms with van der Waals surface area (Å²) >= 11 is 6.01. The van der Waals surface area contributed by atoms with Gasteiger partial charge in [-0.3, -0.25) is 0 Å². The van der Waals surface area contributed by atoms with Gasteiger partial charge in [-0.1, -0.05) is 32.4 Å². The molecule has 0 spiro atoms. The summed E-state index contributed by atoms with van der Waals surface area (Å²) in [5.41, 5.74) is 0. The van der Waals surface area contributed by atoms with Gasteiger partial charge in [-0.05, 0) is 32.0 Å². The van der Waals surface area contributed by atoms with Gasteiger partial charge in [-0.2, -0.15) is 0 Å². The van der Waals surface area contributed by atoms with Crippen LogP contribution < -0.4 is 0 Å². The molecule has 0 aromatic heterocycles. The summed E-state index contributed by atoms with van der Waals surface area (Å²) in [6, 6.07) is 0. The van der Waals surface area contributed by atoms with E-state index in [1.165, 1.54) is 0 Å². The van der Waals surface area contributed by atoms with Crippen molar-refractivity contribution in [1.82, 2.24) is 0 Å². The number of fused-ring (bicyclic) bond motifs is 1. The first-order valence-electron chi connectivity index (χ1n) is 7.34. The molecule has 7 heteroatoms. The molecule has 0 saturated carbocycles. The van der Waals surface area contributed by atoms with Crippen molar-refractivity contribution in [2.45, 2.75) is 82.1 Å². The highest BCUT2D eigenvalue weighted by atomic mass is 35.5. The molecule has 0 aliphatic carbocycles. The molecule has 0 aromatic carbocycles. The predicted octanol–water partition coefficient (Wildman–Crippen LogP) is 2.81. The fourth-order valence-corrected chi connectivity index (χ4v) is 3.62. The van der Waals surface area contributed by atoms with Crippen LogP contribution in [-0.2, 0) is 18.6 Å². The van der Waals surface area contributed by atoms with Crippen molar-refractivity contribution in [3.05, 3.63) is 0 Å². The topological polar surface area (TPSA) is 57.2 Å².